The summed E-state index contributed by atoms with van der Waals surface area (Å²) in [5.74, 6) is 2.49. The number of carboxylic acid groups (broad SMARTS) is 1. The first-order valence-corrected chi connectivity index (χ1v) is 15.6. The third-order valence-corrected chi connectivity index (χ3v) is 12.6. The van der Waals surface area contributed by atoms with Gasteiger partial charge in [-0.25, -0.2) is 0 Å². The monoisotopic (exact) mass is 551 g/mol. The Labute approximate surface area is 237 Å². The van der Waals surface area contributed by atoms with Gasteiger partial charge in [-0.2, -0.15) is 0 Å². The summed E-state index contributed by atoms with van der Waals surface area (Å²) < 4.78 is 0. The van der Waals surface area contributed by atoms with E-state index in [1.165, 1.54) is 38.5 Å². The second kappa shape index (κ2) is 10.0. The maximum atomic E-state index is 13.3. The lowest BCUT2D eigenvalue weighted by molar-refractivity contribution is -0.137. The highest BCUT2D eigenvalue weighted by Crippen LogP contribution is 2.68. The molecule has 5 nitrogen and oxygen atoms in total. The molecule has 0 spiro atoms. The van der Waals surface area contributed by atoms with Crippen LogP contribution < -0.4 is 5.32 Å². The maximum absolute atomic E-state index is 13.3. The molecule has 0 bridgehead atoms. The Kier molecular flexibility index (Phi) is 6.97. The highest BCUT2D eigenvalue weighted by atomic mass is 35.5. The van der Waals surface area contributed by atoms with E-state index in [-0.39, 0.29) is 28.3 Å². The molecule has 2 N–H and O–H groups in total. The summed E-state index contributed by atoms with van der Waals surface area (Å²) in [6.45, 7) is 5.07. The second-order valence-corrected chi connectivity index (χ2v) is 14.1. The summed E-state index contributed by atoms with van der Waals surface area (Å²) in [7, 11) is 0. The van der Waals surface area contributed by atoms with Crippen molar-refractivity contribution in [3.8, 4) is 0 Å². The summed E-state index contributed by atoms with van der Waals surface area (Å²) in [6, 6.07) is 7.12. The van der Waals surface area contributed by atoms with Crippen LogP contribution in [-0.2, 0) is 4.79 Å². The zero-order valence-corrected chi connectivity index (χ0v) is 24.1. The highest BCUT2D eigenvalue weighted by Gasteiger charge is 2.60. The van der Waals surface area contributed by atoms with Gasteiger partial charge in [0.1, 0.15) is 10.7 Å². The number of allylic oxidation sites excluding steroid dienone is 2. The zero-order chi connectivity index (χ0) is 27.5. The molecular weight excluding hydrogens is 510 g/mol. The van der Waals surface area contributed by atoms with Gasteiger partial charge in [-0.05, 0) is 111 Å². The molecule has 5 aliphatic rings. The summed E-state index contributed by atoms with van der Waals surface area (Å²) in [6.07, 6.45) is 13.0. The lowest BCUT2D eigenvalue weighted by Crippen LogP contribution is -2.55. The molecule has 4 saturated carbocycles. The van der Waals surface area contributed by atoms with Gasteiger partial charge in [-0.15, -0.1) is 0 Å². The van der Waals surface area contributed by atoms with E-state index in [1.807, 2.05) is 0 Å². The number of carbonyl (C=O) groups is 3. The van der Waals surface area contributed by atoms with E-state index >= 15 is 0 Å². The Morgan fingerprint density at radius 1 is 0.949 bits per heavy atom. The van der Waals surface area contributed by atoms with Crippen molar-refractivity contribution >= 4 is 29.1 Å². The predicted molar refractivity (Wildman–Crippen MR) is 152 cm³/mol. The number of nitrogens with one attached hydrogen (secondary N) is 1. The molecule has 8 atom stereocenters. The van der Waals surface area contributed by atoms with Crippen molar-refractivity contribution in [3.63, 3.8) is 0 Å². The Hall–Kier alpha value is -2.14. The summed E-state index contributed by atoms with van der Waals surface area (Å²) in [5, 5.41) is 12.6. The Morgan fingerprint density at radius 3 is 2.38 bits per heavy atom. The van der Waals surface area contributed by atoms with Crippen molar-refractivity contribution in [2.45, 2.75) is 96.9 Å². The van der Waals surface area contributed by atoms with Gasteiger partial charge in [-0.1, -0.05) is 49.7 Å². The molecule has 0 aromatic heterocycles. The first-order valence-electron chi connectivity index (χ1n) is 15.2. The van der Waals surface area contributed by atoms with Gasteiger partial charge in [-0.3, -0.25) is 14.4 Å². The molecule has 0 radical (unpaired) electrons. The molecule has 5 aliphatic carbocycles. The third-order valence-electron chi connectivity index (χ3n) is 12.2. The highest BCUT2D eigenvalue weighted by molar-refractivity contribution is 6.49. The number of carbonyl (C=O) groups excluding carboxylic acids is 2. The molecule has 0 saturated heterocycles. The summed E-state index contributed by atoms with van der Waals surface area (Å²) >= 11 is 6.47. The number of ketones is 2. The maximum Gasteiger partial charge on any atom is 0.303 e. The molecule has 6 unspecified atom stereocenters. The molecule has 0 heterocycles. The molecule has 0 amide bonds. The van der Waals surface area contributed by atoms with Crippen LogP contribution in [0, 0.1) is 40.4 Å². The number of hydrogen-bond acceptors (Lipinski definition) is 4. The Bertz CT molecular complexity index is 1220. The lowest BCUT2D eigenvalue weighted by atomic mass is 9.44. The van der Waals surface area contributed by atoms with Crippen LogP contribution in [0.4, 0.5) is 0 Å². The first-order chi connectivity index (χ1) is 18.6. The Morgan fingerprint density at radius 2 is 1.64 bits per heavy atom. The number of rotatable bonds is 6. The van der Waals surface area contributed by atoms with Gasteiger partial charge in [0.2, 0.25) is 11.6 Å². The number of Topliss-reactive ketones (excluding diaryl/α,β-unsaturated/α-hetero) is 2. The van der Waals surface area contributed by atoms with Crippen molar-refractivity contribution in [3.05, 3.63) is 46.1 Å². The molecule has 4 fully saturated rings. The molecule has 1 aromatic rings. The average Bonchev–Trinajstić information content (AvgIpc) is 3.26. The van der Waals surface area contributed by atoms with Crippen LogP contribution in [-0.4, -0.2) is 28.7 Å². The van der Waals surface area contributed by atoms with Crippen LogP contribution in [0.15, 0.2) is 35.0 Å². The molecule has 210 valence electrons. The van der Waals surface area contributed by atoms with Gasteiger partial charge >= 0.3 is 5.97 Å². The number of carboxylic acids is 1. The third kappa shape index (κ3) is 4.38. The van der Waals surface area contributed by atoms with E-state index in [2.05, 4.69) is 19.2 Å². The zero-order valence-electron chi connectivity index (χ0n) is 23.3. The van der Waals surface area contributed by atoms with Gasteiger partial charge in [0.25, 0.3) is 0 Å². The molecule has 6 rings (SSSR count). The van der Waals surface area contributed by atoms with Gasteiger partial charge in [0, 0.05) is 23.6 Å². The molecule has 6 heteroatoms. The van der Waals surface area contributed by atoms with E-state index in [1.54, 1.807) is 24.3 Å². The van der Waals surface area contributed by atoms with E-state index in [4.69, 9.17) is 16.7 Å². The standard InChI is InChI=1S/C33H42ClNO4/c1-32-17-15-26-24(25(32)13-11-19(32)6-5-9-27(36)37)12-10-20-18-21(14-16-33(20,26)2)35-29-28(34)30(38)22-7-3-4-8-23(22)31(29)39/h3-4,7-8,19-21,24-26,35H,5-6,9-18H2,1-2H3,(H,36,37)/t19?,20-,21-,24?,25?,26?,32?,33?/m1/s1. The van der Waals surface area contributed by atoms with Crippen LogP contribution in [0.5, 0.6) is 0 Å². The minimum absolute atomic E-state index is 0.0291. The fourth-order valence-electron chi connectivity index (χ4n) is 10.2. The number of fused-ring (bicyclic) bond motifs is 6. The van der Waals surface area contributed by atoms with E-state index in [0.29, 0.717) is 40.2 Å². The summed E-state index contributed by atoms with van der Waals surface area (Å²) in [5.41, 5.74) is 1.82. The van der Waals surface area contributed by atoms with Gasteiger partial charge in [0.05, 0.1) is 0 Å². The van der Waals surface area contributed by atoms with Crippen molar-refractivity contribution in [2.24, 2.45) is 40.4 Å². The minimum Gasteiger partial charge on any atom is -0.481 e. The predicted octanol–water partition coefficient (Wildman–Crippen LogP) is 7.39. The number of benzene rings is 1. The smallest absolute Gasteiger partial charge is 0.303 e. The number of aliphatic carboxylic acids is 1. The largest absolute Gasteiger partial charge is 0.481 e. The van der Waals surface area contributed by atoms with Crippen LogP contribution in [0.25, 0.3) is 0 Å². The van der Waals surface area contributed by atoms with E-state index in [0.717, 1.165) is 49.9 Å². The molecule has 1 aromatic carbocycles. The van der Waals surface area contributed by atoms with Crippen LogP contribution in [0.3, 0.4) is 0 Å². The van der Waals surface area contributed by atoms with E-state index < -0.39 is 5.97 Å². The lowest BCUT2D eigenvalue weighted by Gasteiger charge is -2.61. The molecule has 0 aliphatic heterocycles. The quantitative estimate of drug-likeness (QED) is 0.385. The fraction of sp³-hybridized carbons (Fsp3) is 0.667. The molecular formula is C33H42ClNO4. The van der Waals surface area contributed by atoms with Crippen molar-refractivity contribution in [1.82, 2.24) is 5.32 Å². The van der Waals surface area contributed by atoms with Gasteiger partial charge in [0.15, 0.2) is 0 Å². The SMILES string of the molecule is CC12CCC3C(CC[C@@H]4C[C@H](NC5=C(Cl)C(=O)c6ccccc6C5=O)CCC34C)C1CCC2CCCC(=O)O. The van der Waals surface area contributed by atoms with Gasteiger partial charge < -0.3 is 10.4 Å². The molecule has 39 heavy (non-hydrogen) atoms. The number of halogens is 1. The van der Waals surface area contributed by atoms with Crippen molar-refractivity contribution in [1.29, 1.82) is 0 Å². The van der Waals surface area contributed by atoms with E-state index in [9.17, 15) is 14.4 Å². The van der Waals surface area contributed by atoms with Crippen molar-refractivity contribution < 1.29 is 19.5 Å². The van der Waals surface area contributed by atoms with Crippen LogP contribution in [0.1, 0.15) is 112 Å². The minimum atomic E-state index is -0.669. The van der Waals surface area contributed by atoms with Crippen LogP contribution in [0.2, 0.25) is 0 Å². The fourth-order valence-corrected chi connectivity index (χ4v) is 10.4. The number of hydrogen-bond donors (Lipinski definition) is 2. The first kappa shape index (κ1) is 27.1. The van der Waals surface area contributed by atoms with Crippen LogP contribution >= 0.6 is 11.6 Å². The Balaban J connectivity index is 1.14. The second-order valence-electron chi connectivity index (χ2n) is 13.8. The topological polar surface area (TPSA) is 83.5 Å². The summed E-state index contributed by atoms with van der Waals surface area (Å²) in [4.78, 5) is 37.2. The van der Waals surface area contributed by atoms with Crippen molar-refractivity contribution in [2.75, 3.05) is 0 Å². The normalized spacial score (nSPS) is 39.5. The average molecular weight is 552 g/mol.